The number of carbonyl (C=O) groups excluding carboxylic acids is 2. The summed E-state index contributed by atoms with van der Waals surface area (Å²) in [5.41, 5.74) is 2.13. The third-order valence-electron chi connectivity index (χ3n) is 4.21. The summed E-state index contributed by atoms with van der Waals surface area (Å²) in [7, 11) is 0. The quantitative estimate of drug-likeness (QED) is 0.810. The summed E-state index contributed by atoms with van der Waals surface area (Å²) in [4.78, 5) is 26.5. The molecule has 0 atom stereocenters. The molecule has 26 heavy (non-hydrogen) atoms. The molecule has 1 aliphatic rings. The highest BCUT2D eigenvalue weighted by Gasteiger charge is 2.13. The number of rotatable bonds is 5. The first-order valence-corrected chi connectivity index (χ1v) is 9.16. The molecular weight excluding hydrogens is 373 g/mol. The Morgan fingerprint density at radius 3 is 2.35 bits per heavy atom. The molecule has 1 fully saturated rings. The van der Waals surface area contributed by atoms with E-state index in [0.717, 1.165) is 18.8 Å². The summed E-state index contributed by atoms with van der Waals surface area (Å²) in [6.07, 6.45) is 2.44. The summed E-state index contributed by atoms with van der Waals surface area (Å²) < 4.78 is 0. The molecular formula is C19H19Cl2N3O2. The Morgan fingerprint density at radius 2 is 1.69 bits per heavy atom. The van der Waals surface area contributed by atoms with Gasteiger partial charge in [0.05, 0.1) is 17.1 Å². The second-order valence-electron chi connectivity index (χ2n) is 6.10. The minimum atomic E-state index is -0.425. The number of nitrogens with zero attached hydrogens (tertiary/aromatic N) is 1. The van der Waals surface area contributed by atoms with E-state index >= 15 is 0 Å². The van der Waals surface area contributed by atoms with Crippen molar-refractivity contribution in [1.29, 1.82) is 0 Å². The molecule has 5 nitrogen and oxygen atoms in total. The fourth-order valence-corrected chi connectivity index (χ4v) is 3.36. The molecule has 136 valence electrons. The van der Waals surface area contributed by atoms with Crippen molar-refractivity contribution in [2.24, 2.45) is 0 Å². The van der Waals surface area contributed by atoms with Gasteiger partial charge in [0.15, 0.2) is 0 Å². The maximum Gasteiger partial charge on any atom is 0.253 e. The van der Waals surface area contributed by atoms with Gasteiger partial charge in [0.2, 0.25) is 5.91 Å². The van der Waals surface area contributed by atoms with Crippen LogP contribution in [0.5, 0.6) is 0 Å². The van der Waals surface area contributed by atoms with Gasteiger partial charge in [0.1, 0.15) is 0 Å². The van der Waals surface area contributed by atoms with Crippen LogP contribution in [0, 0.1) is 0 Å². The Bertz CT molecular complexity index is 803. The summed E-state index contributed by atoms with van der Waals surface area (Å²) >= 11 is 11.8. The highest BCUT2D eigenvalue weighted by Crippen LogP contribution is 2.22. The van der Waals surface area contributed by atoms with Crippen molar-refractivity contribution < 1.29 is 9.59 Å². The molecule has 2 amide bonds. The Hall–Kier alpha value is -2.24. The van der Waals surface area contributed by atoms with Crippen LogP contribution in [0.25, 0.3) is 0 Å². The summed E-state index contributed by atoms with van der Waals surface area (Å²) in [5.74, 6) is -0.733. The molecule has 0 spiro atoms. The van der Waals surface area contributed by atoms with Gasteiger partial charge >= 0.3 is 0 Å². The molecule has 0 bridgehead atoms. The molecule has 7 heteroatoms. The van der Waals surface area contributed by atoms with E-state index in [1.165, 1.54) is 25.0 Å². The number of anilines is 2. The van der Waals surface area contributed by atoms with E-state index in [1.807, 2.05) is 24.3 Å². The van der Waals surface area contributed by atoms with Gasteiger partial charge in [0, 0.05) is 29.5 Å². The molecule has 0 unspecified atom stereocenters. The second-order valence-corrected chi connectivity index (χ2v) is 6.94. The van der Waals surface area contributed by atoms with Crippen LogP contribution in [0.1, 0.15) is 23.2 Å². The topological polar surface area (TPSA) is 61.4 Å². The van der Waals surface area contributed by atoms with E-state index in [4.69, 9.17) is 23.2 Å². The van der Waals surface area contributed by atoms with Gasteiger partial charge in [-0.3, -0.25) is 9.59 Å². The van der Waals surface area contributed by atoms with E-state index in [9.17, 15) is 9.59 Å². The van der Waals surface area contributed by atoms with Crippen molar-refractivity contribution in [3.05, 3.63) is 58.1 Å². The van der Waals surface area contributed by atoms with E-state index in [2.05, 4.69) is 15.5 Å². The van der Waals surface area contributed by atoms with Crippen molar-refractivity contribution in [1.82, 2.24) is 5.32 Å². The first-order chi connectivity index (χ1) is 12.5. The van der Waals surface area contributed by atoms with E-state index < -0.39 is 5.91 Å². The Balaban J connectivity index is 1.51. The molecule has 0 aromatic heterocycles. The molecule has 1 aliphatic heterocycles. The molecule has 2 N–H and O–H groups in total. The lowest BCUT2D eigenvalue weighted by Crippen LogP contribution is -2.33. The number of hydrogen-bond donors (Lipinski definition) is 2. The van der Waals surface area contributed by atoms with Gasteiger partial charge in [-0.1, -0.05) is 23.2 Å². The SMILES string of the molecule is O=C(CNC(=O)c1ccc(Cl)cc1Cl)Nc1ccc(N2CCCC2)cc1. The number of benzene rings is 2. The highest BCUT2D eigenvalue weighted by atomic mass is 35.5. The summed E-state index contributed by atoms with van der Waals surface area (Å²) in [6.45, 7) is 2.00. The largest absolute Gasteiger partial charge is 0.372 e. The van der Waals surface area contributed by atoms with Crippen LogP contribution < -0.4 is 15.5 Å². The van der Waals surface area contributed by atoms with E-state index in [0.29, 0.717) is 10.7 Å². The first kappa shape index (κ1) is 18.5. The standard InChI is InChI=1S/C19H19Cl2N3O2/c20-13-3-8-16(17(21)11-13)19(26)22-12-18(25)23-14-4-6-15(7-5-14)24-9-1-2-10-24/h3-8,11H,1-2,9-10,12H2,(H,22,26)(H,23,25). The zero-order valence-electron chi connectivity index (χ0n) is 14.1. The number of nitrogens with one attached hydrogen (secondary N) is 2. The Kier molecular flexibility index (Phi) is 6.01. The summed E-state index contributed by atoms with van der Waals surface area (Å²) in [5, 5.41) is 6.00. The van der Waals surface area contributed by atoms with Crippen molar-refractivity contribution >= 4 is 46.4 Å². The van der Waals surface area contributed by atoms with Crippen LogP contribution in [-0.2, 0) is 4.79 Å². The fourth-order valence-electron chi connectivity index (χ4n) is 2.87. The van der Waals surface area contributed by atoms with Crippen LogP contribution in [0.3, 0.4) is 0 Å². The van der Waals surface area contributed by atoms with Crippen LogP contribution in [0.4, 0.5) is 11.4 Å². The Morgan fingerprint density at radius 1 is 1.00 bits per heavy atom. The number of halogens is 2. The van der Waals surface area contributed by atoms with Gasteiger partial charge in [-0.2, -0.15) is 0 Å². The third-order valence-corrected chi connectivity index (χ3v) is 4.76. The lowest BCUT2D eigenvalue weighted by Gasteiger charge is -2.17. The molecule has 0 radical (unpaired) electrons. The predicted molar refractivity (Wildman–Crippen MR) is 105 cm³/mol. The van der Waals surface area contributed by atoms with Crippen LogP contribution in [0.15, 0.2) is 42.5 Å². The molecule has 0 aliphatic carbocycles. The zero-order valence-corrected chi connectivity index (χ0v) is 15.6. The normalized spacial score (nSPS) is 13.5. The lowest BCUT2D eigenvalue weighted by molar-refractivity contribution is -0.115. The molecule has 1 saturated heterocycles. The number of hydrogen-bond acceptors (Lipinski definition) is 3. The van der Waals surface area contributed by atoms with Gasteiger partial charge < -0.3 is 15.5 Å². The van der Waals surface area contributed by atoms with E-state index in [-0.39, 0.29) is 23.0 Å². The van der Waals surface area contributed by atoms with Crippen molar-refractivity contribution in [3.63, 3.8) is 0 Å². The fraction of sp³-hybridized carbons (Fsp3) is 0.263. The lowest BCUT2D eigenvalue weighted by atomic mass is 10.2. The molecule has 2 aromatic rings. The minimum absolute atomic E-state index is 0.147. The maximum absolute atomic E-state index is 12.1. The average Bonchev–Trinajstić information content (AvgIpc) is 3.15. The smallest absolute Gasteiger partial charge is 0.253 e. The first-order valence-electron chi connectivity index (χ1n) is 8.41. The predicted octanol–water partition coefficient (Wildman–Crippen LogP) is 3.96. The molecule has 2 aromatic carbocycles. The van der Waals surface area contributed by atoms with Crippen molar-refractivity contribution in [2.45, 2.75) is 12.8 Å². The minimum Gasteiger partial charge on any atom is -0.372 e. The average molecular weight is 392 g/mol. The van der Waals surface area contributed by atoms with Gasteiger partial charge in [-0.25, -0.2) is 0 Å². The second kappa shape index (κ2) is 8.43. The van der Waals surface area contributed by atoms with Crippen molar-refractivity contribution in [3.8, 4) is 0 Å². The molecule has 3 rings (SSSR count). The number of amides is 2. The highest BCUT2D eigenvalue weighted by molar-refractivity contribution is 6.36. The summed E-state index contributed by atoms with van der Waals surface area (Å²) in [6, 6.07) is 12.3. The zero-order chi connectivity index (χ0) is 18.5. The van der Waals surface area contributed by atoms with Crippen LogP contribution in [-0.4, -0.2) is 31.4 Å². The van der Waals surface area contributed by atoms with Crippen LogP contribution in [0.2, 0.25) is 10.0 Å². The Labute approximate surface area is 162 Å². The molecule has 1 heterocycles. The van der Waals surface area contributed by atoms with Crippen LogP contribution >= 0.6 is 23.2 Å². The van der Waals surface area contributed by atoms with Gasteiger partial charge in [-0.15, -0.1) is 0 Å². The maximum atomic E-state index is 12.1. The monoisotopic (exact) mass is 391 g/mol. The third kappa shape index (κ3) is 4.68. The van der Waals surface area contributed by atoms with Crippen molar-refractivity contribution in [2.75, 3.05) is 29.9 Å². The van der Waals surface area contributed by atoms with E-state index in [1.54, 1.807) is 6.07 Å². The van der Waals surface area contributed by atoms with Gasteiger partial charge in [-0.05, 0) is 55.3 Å². The van der Waals surface area contributed by atoms with Gasteiger partial charge in [0.25, 0.3) is 5.91 Å². The number of carbonyl (C=O) groups is 2. The molecule has 0 saturated carbocycles.